The molecule has 51 heavy (non-hydrogen) atoms. The van der Waals surface area contributed by atoms with Crippen molar-refractivity contribution in [2.75, 3.05) is 33.3 Å². The van der Waals surface area contributed by atoms with Gasteiger partial charge < -0.3 is 43.5 Å². The monoisotopic (exact) mass is 694 g/mol. The average Bonchev–Trinajstić information content (AvgIpc) is 3.15. The number of aliphatic hydroxyl groups is 2. The second kappa shape index (κ2) is 15.0. The Morgan fingerprint density at radius 2 is 1.57 bits per heavy atom. The quantitative estimate of drug-likeness (QED) is 0.169. The number of aliphatic hydroxyl groups excluding tert-OH is 2. The lowest BCUT2D eigenvalue weighted by Gasteiger charge is -2.46. The third kappa shape index (κ3) is 7.47. The van der Waals surface area contributed by atoms with E-state index in [1.54, 1.807) is 70.5 Å². The van der Waals surface area contributed by atoms with Crippen LogP contribution in [0.4, 0.5) is 5.69 Å². The number of benzene rings is 4. The van der Waals surface area contributed by atoms with Crippen LogP contribution in [-0.2, 0) is 16.0 Å². The molecule has 0 radical (unpaired) electrons. The van der Waals surface area contributed by atoms with Gasteiger partial charge in [-0.25, -0.2) is 0 Å². The minimum Gasteiger partial charge on any atom is -0.497 e. The molecule has 1 fully saturated rings. The van der Waals surface area contributed by atoms with Crippen molar-refractivity contribution in [2.45, 2.75) is 50.6 Å². The lowest BCUT2D eigenvalue weighted by atomic mass is 9.89. The van der Waals surface area contributed by atoms with Crippen LogP contribution in [0.25, 0.3) is 22.0 Å². The maximum atomic E-state index is 14.5. The highest BCUT2D eigenvalue weighted by atomic mass is 16.7. The molecule has 11 heteroatoms. The molecule has 1 saturated heterocycles. The van der Waals surface area contributed by atoms with E-state index in [2.05, 4.69) is 0 Å². The molecular weight excluding hydrogens is 652 g/mol. The van der Waals surface area contributed by atoms with Gasteiger partial charge in [0.15, 0.2) is 0 Å². The molecule has 0 saturated carbocycles. The van der Waals surface area contributed by atoms with Gasteiger partial charge in [0.1, 0.15) is 41.3 Å². The maximum absolute atomic E-state index is 14.5. The SMILES string of the molecule is COc1ccc(CN(C(=O)c2ccc(OC)c(-c3cccc(OC)c3)c2)c2cnc3cc(O[C@@H]4OC(C)(C)[C@H](OC)[C@@H](O)[C@@H]4O)ccc3c2)cc1. The van der Waals surface area contributed by atoms with Gasteiger partial charge in [-0.15, -0.1) is 0 Å². The molecule has 0 unspecified atom stereocenters. The lowest BCUT2D eigenvalue weighted by molar-refractivity contribution is -0.305. The van der Waals surface area contributed by atoms with Crippen molar-refractivity contribution in [3.63, 3.8) is 0 Å². The number of hydrogen-bond acceptors (Lipinski definition) is 10. The summed E-state index contributed by atoms with van der Waals surface area (Å²) in [5, 5.41) is 22.1. The fourth-order valence-corrected chi connectivity index (χ4v) is 6.36. The molecule has 1 amide bonds. The van der Waals surface area contributed by atoms with E-state index in [4.69, 9.17) is 33.4 Å². The number of fused-ring (bicyclic) bond motifs is 1. The molecule has 4 aromatic carbocycles. The van der Waals surface area contributed by atoms with E-state index >= 15 is 0 Å². The molecule has 1 aliphatic rings. The van der Waals surface area contributed by atoms with Crippen molar-refractivity contribution in [3.8, 4) is 34.1 Å². The van der Waals surface area contributed by atoms with Crippen LogP contribution in [0.1, 0.15) is 29.8 Å². The van der Waals surface area contributed by atoms with Crippen LogP contribution in [0.15, 0.2) is 97.2 Å². The first kappa shape index (κ1) is 35.6. The smallest absolute Gasteiger partial charge is 0.258 e. The number of pyridine rings is 1. The maximum Gasteiger partial charge on any atom is 0.258 e. The summed E-state index contributed by atoms with van der Waals surface area (Å²) < 4.78 is 33.8. The molecule has 5 aromatic rings. The molecule has 6 rings (SSSR count). The molecule has 4 atom stereocenters. The fraction of sp³-hybridized carbons (Fsp3) is 0.300. The number of aromatic nitrogens is 1. The van der Waals surface area contributed by atoms with Gasteiger partial charge in [-0.2, -0.15) is 0 Å². The summed E-state index contributed by atoms with van der Waals surface area (Å²) in [6, 6.07) is 27.7. The van der Waals surface area contributed by atoms with Gasteiger partial charge in [0.05, 0.1) is 50.9 Å². The zero-order valence-electron chi connectivity index (χ0n) is 29.4. The number of anilines is 1. The lowest BCUT2D eigenvalue weighted by Crippen LogP contribution is -2.63. The van der Waals surface area contributed by atoms with Crippen LogP contribution in [0.3, 0.4) is 0 Å². The number of methoxy groups -OCH3 is 4. The van der Waals surface area contributed by atoms with Crippen LogP contribution in [0.5, 0.6) is 23.0 Å². The number of nitrogens with zero attached hydrogens (tertiary/aromatic N) is 2. The summed E-state index contributed by atoms with van der Waals surface area (Å²) in [5.41, 5.74) is 3.20. The van der Waals surface area contributed by atoms with Crippen molar-refractivity contribution in [1.29, 1.82) is 0 Å². The van der Waals surface area contributed by atoms with E-state index < -0.39 is 30.2 Å². The van der Waals surface area contributed by atoms with Gasteiger partial charge in [0.25, 0.3) is 5.91 Å². The number of ether oxygens (including phenoxy) is 6. The van der Waals surface area contributed by atoms with Crippen LogP contribution in [0, 0.1) is 0 Å². The summed E-state index contributed by atoms with van der Waals surface area (Å²) in [6.45, 7) is 3.79. The predicted molar refractivity (Wildman–Crippen MR) is 193 cm³/mol. The molecule has 2 heterocycles. The third-order valence-corrected chi connectivity index (χ3v) is 9.08. The van der Waals surface area contributed by atoms with Crippen molar-refractivity contribution < 1.29 is 43.4 Å². The van der Waals surface area contributed by atoms with Gasteiger partial charge in [0, 0.05) is 29.7 Å². The summed E-state index contributed by atoms with van der Waals surface area (Å²) in [7, 11) is 6.27. The Morgan fingerprint density at radius 3 is 2.27 bits per heavy atom. The number of amides is 1. The van der Waals surface area contributed by atoms with E-state index in [1.165, 1.54) is 7.11 Å². The zero-order valence-corrected chi connectivity index (χ0v) is 29.4. The van der Waals surface area contributed by atoms with Crippen molar-refractivity contribution >= 4 is 22.5 Å². The van der Waals surface area contributed by atoms with Crippen LogP contribution in [-0.4, -0.2) is 79.7 Å². The highest BCUT2D eigenvalue weighted by molar-refractivity contribution is 6.07. The number of carbonyl (C=O) groups is 1. The van der Waals surface area contributed by atoms with Crippen molar-refractivity contribution in [2.24, 2.45) is 0 Å². The Kier molecular flexibility index (Phi) is 10.4. The molecule has 2 N–H and O–H groups in total. The van der Waals surface area contributed by atoms with Crippen LogP contribution >= 0.6 is 0 Å². The highest BCUT2D eigenvalue weighted by Crippen LogP contribution is 2.36. The van der Waals surface area contributed by atoms with Crippen LogP contribution < -0.4 is 23.8 Å². The van der Waals surface area contributed by atoms with E-state index in [1.807, 2.05) is 66.7 Å². The Balaban J connectivity index is 1.33. The van der Waals surface area contributed by atoms with E-state index in [-0.39, 0.29) is 12.5 Å². The number of rotatable bonds is 11. The number of hydrogen-bond donors (Lipinski definition) is 2. The topological polar surface area (TPSA) is 129 Å². The minimum atomic E-state index is -1.34. The summed E-state index contributed by atoms with van der Waals surface area (Å²) >= 11 is 0. The Morgan fingerprint density at radius 1 is 0.824 bits per heavy atom. The molecule has 0 aliphatic carbocycles. The second-order valence-corrected chi connectivity index (χ2v) is 12.8. The summed E-state index contributed by atoms with van der Waals surface area (Å²) in [6.07, 6.45) is -2.78. The zero-order chi connectivity index (χ0) is 36.3. The summed E-state index contributed by atoms with van der Waals surface area (Å²) in [4.78, 5) is 20.8. The van der Waals surface area contributed by atoms with Gasteiger partial charge >= 0.3 is 0 Å². The van der Waals surface area contributed by atoms with E-state index in [0.717, 1.165) is 22.1 Å². The van der Waals surface area contributed by atoms with Gasteiger partial charge in [-0.3, -0.25) is 9.78 Å². The highest BCUT2D eigenvalue weighted by Gasteiger charge is 2.50. The third-order valence-electron chi connectivity index (χ3n) is 9.08. The first-order chi connectivity index (χ1) is 24.5. The molecule has 0 bridgehead atoms. The molecule has 11 nitrogen and oxygen atoms in total. The summed E-state index contributed by atoms with van der Waals surface area (Å²) in [5.74, 6) is 2.17. The van der Waals surface area contributed by atoms with E-state index in [9.17, 15) is 15.0 Å². The number of carbonyl (C=O) groups excluding carboxylic acids is 1. The van der Waals surface area contributed by atoms with E-state index in [0.29, 0.717) is 39.8 Å². The molecule has 266 valence electrons. The minimum absolute atomic E-state index is 0.238. The molecule has 1 aromatic heterocycles. The fourth-order valence-electron chi connectivity index (χ4n) is 6.36. The normalized spacial score (nSPS) is 19.7. The Labute approximate surface area is 296 Å². The first-order valence-electron chi connectivity index (χ1n) is 16.5. The van der Waals surface area contributed by atoms with Crippen LogP contribution in [0.2, 0.25) is 0 Å². The van der Waals surface area contributed by atoms with Crippen molar-refractivity contribution in [1.82, 2.24) is 4.98 Å². The Bertz CT molecular complexity index is 2000. The van der Waals surface area contributed by atoms with Gasteiger partial charge in [-0.1, -0.05) is 24.3 Å². The second-order valence-electron chi connectivity index (χ2n) is 12.8. The molecule has 1 aliphatic heterocycles. The first-order valence-corrected chi connectivity index (χ1v) is 16.5. The molecule has 0 spiro atoms. The Hall–Kier alpha value is -5.20. The largest absolute Gasteiger partial charge is 0.497 e. The molecular formula is C40H42N2O9. The van der Waals surface area contributed by atoms with Gasteiger partial charge in [0.2, 0.25) is 6.29 Å². The standard InChI is InChI=1S/C40H42N2O9/c1-40(2)37(49-6)35(43)36(44)39(51-40)50-31-16-12-26-18-28(22-41-33(26)21-31)42(23-24-10-14-29(46-3)15-11-24)38(45)27-13-17-34(48-5)32(20-27)25-8-7-9-30(19-25)47-4/h7-22,35-37,39,43-44H,23H2,1-6H3/t35-,36-,37+,39+/m0/s1. The van der Waals surface area contributed by atoms with Crippen molar-refractivity contribution in [3.05, 3.63) is 108 Å². The average molecular weight is 695 g/mol. The van der Waals surface area contributed by atoms with Gasteiger partial charge in [-0.05, 0) is 85.6 Å². The predicted octanol–water partition coefficient (Wildman–Crippen LogP) is 6.03.